The van der Waals surface area contributed by atoms with Crippen molar-refractivity contribution in [3.05, 3.63) is 42.0 Å². The van der Waals surface area contributed by atoms with Crippen LogP contribution in [0.3, 0.4) is 0 Å². The summed E-state index contributed by atoms with van der Waals surface area (Å²) in [7, 11) is 0. The highest BCUT2D eigenvalue weighted by Crippen LogP contribution is 2.26. The molecule has 1 aliphatic rings. The monoisotopic (exact) mass is 314 g/mol. The third-order valence-corrected chi connectivity index (χ3v) is 4.32. The SMILES string of the molecule is C[C@H]1CC[C@@H](Oc2ncc(-c3ccc(C=O)c(F)c3)cn2)CC1. The molecule has 5 heteroatoms. The third-order valence-electron chi connectivity index (χ3n) is 4.32. The van der Waals surface area contributed by atoms with Crippen LogP contribution < -0.4 is 4.74 Å². The minimum Gasteiger partial charge on any atom is -0.460 e. The van der Waals surface area contributed by atoms with E-state index in [1.807, 2.05) is 0 Å². The zero-order valence-corrected chi connectivity index (χ0v) is 13.0. The molecular formula is C18H19FN2O2. The van der Waals surface area contributed by atoms with Crippen molar-refractivity contribution in [2.75, 3.05) is 0 Å². The van der Waals surface area contributed by atoms with E-state index >= 15 is 0 Å². The number of nitrogens with zero attached hydrogens (tertiary/aromatic N) is 2. The lowest BCUT2D eigenvalue weighted by Gasteiger charge is -2.25. The van der Waals surface area contributed by atoms with Crippen LogP contribution in [0.1, 0.15) is 43.0 Å². The topological polar surface area (TPSA) is 52.1 Å². The van der Waals surface area contributed by atoms with Gasteiger partial charge in [-0.1, -0.05) is 13.0 Å². The lowest BCUT2D eigenvalue weighted by molar-refractivity contribution is 0.112. The van der Waals surface area contributed by atoms with Gasteiger partial charge >= 0.3 is 6.01 Å². The fourth-order valence-corrected chi connectivity index (χ4v) is 2.82. The van der Waals surface area contributed by atoms with E-state index in [1.165, 1.54) is 25.0 Å². The Hall–Kier alpha value is -2.30. The van der Waals surface area contributed by atoms with Crippen molar-refractivity contribution in [2.45, 2.75) is 38.7 Å². The van der Waals surface area contributed by atoms with Crippen LogP contribution in [-0.2, 0) is 0 Å². The summed E-state index contributed by atoms with van der Waals surface area (Å²) in [4.78, 5) is 19.1. The molecule has 23 heavy (non-hydrogen) atoms. The molecule has 1 aliphatic carbocycles. The van der Waals surface area contributed by atoms with Gasteiger partial charge in [-0.25, -0.2) is 14.4 Å². The molecule has 0 atom stereocenters. The maximum Gasteiger partial charge on any atom is 0.316 e. The van der Waals surface area contributed by atoms with Crippen molar-refractivity contribution < 1.29 is 13.9 Å². The van der Waals surface area contributed by atoms with Gasteiger partial charge in [0.2, 0.25) is 0 Å². The summed E-state index contributed by atoms with van der Waals surface area (Å²) in [5, 5.41) is 0. The Morgan fingerprint density at radius 2 is 1.83 bits per heavy atom. The van der Waals surface area contributed by atoms with Gasteiger partial charge in [0.05, 0.1) is 5.56 Å². The predicted molar refractivity (Wildman–Crippen MR) is 84.9 cm³/mol. The molecule has 1 saturated carbocycles. The summed E-state index contributed by atoms with van der Waals surface area (Å²) in [6, 6.07) is 4.80. The molecular weight excluding hydrogens is 295 g/mol. The van der Waals surface area contributed by atoms with Crippen molar-refractivity contribution in [1.82, 2.24) is 9.97 Å². The van der Waals surface area contributed by atoms with Crippen molar-refractivity contribution in [3.63, 3.8) is 0 Å². The number of halogens is 1. The fraction of sp³-hybridized carbons (Fsp3) is 0.389. The molecule has 120 valence electrons. The average Bonchev–Trinajstić information content (AvgIpc) is 2.57. The van der Waals surface area contributed by atoms with Crippen molar-refractivity contribution in [2.24, 2.45) is 5.92 Å². The normalized spacial score (nSPS) is 21.0. The van der Waals surface area contributed by atoms with Crippen LogP contribution in [-0.4, -0.2) is 22.4 Å². The maximum atomic E-state index is 13.7. The van der Waals surface area contributed by atoms with E-state index in [1.54, 1.807) is 18.5 Å². The van der Waals surface area contributed by atoms with Gasteiger partial charge in [0, 0.05) is 18.0 Å². The van der Waals surface area contributed by atoms with E-state index < -0.39 is 5.82 Å². The second-order valence-electron chi connectivity index (χ2n) is 6.11. The Kier molecular flexibility index (Phi) is 4.65. The van der Waals surface area contributed by atoms with E-state index in [9.17, 15) is 9.18 Å². The van der Waals surface area contributed by atoms with Gasteiger partial charge < -0.3 is 4.74 Å². The minimum absolute atomic E-state index is 0.0427. The van der Waals surface area contributed by atoms with Gasteiger partial charge in [-0.3, -0.25) is 4.79 Å². The van der Waals surface area contributed by atoms with Crippen LogP contribution in [0.4, 0.5) is 4.39 Å². The predicted octanol–water partition coefficient (Wildman–Crippen LogP) is 4.05. The molecule has 0 N–H and O–H groups in total. The molecule has 1 heterocycles. The summed E-state index contributed by atoms with van der Waals surface area (Å²) in [5.74, 6) is 0.219. The molecule has 1 aromatic heterocycles. The van der Waals surface area contributed by atoms with Crippen molar-refractivity contribution in [1.29, 1.82) is 0 Å². The number of aldehydes is 1. The molecule has 4 nitrogen and oxygen atoms in total. The highest BCUT2D eigenvalue weighted by atomic mass is 19.1. The molecule has 0 amide bonds. The van der Waals surface area contributed by atoms with Gasteiger partial charge in [0.25, 0.3) is 0 Å². The lowest BCUT2D eigenvalue weighted by atomic mass is 9.89. The molecule has 0 radical (unpaired) electrons. The van der Waals surface area contributed by atoms with E-state index in [2.05, 4.69) is 16.9 Å². The van der Waals surface area contributed by atoms with Gasteiger partial charge in [0.15, 0.2) is 6.29 Å². The van der Waals surface area contributed by atoms with Crippen LogP contribution in [0.25, 0.3) is 11.1 Å². The number of rotatable bonds is 4. The van der Waals surface area contributed by atoms with E-state index in [0.717, 1.165) is 18.8 Å². The van der Waals surface area contributed by atoms with Gasteiger partial charge in [-0.05, 0) is 49.3 Å². The second-order valence-corrected chi connectivity index (χ2v) is 6.11. The fourth-order valence-electron chi connectivity index (χ4n) is 2.82. The zero-order chi connectivity index (χ0) is 16.2. The lowest BCUT2D eigenvalue weighted by Crippen LogP contribution is -2.23. The Bertz CT molecular complexity index is 680. The van der Waals surface area contributed by atoms with Crippen LogP contribution in [0.5, 0.6) is 6.01 Å². The summed E-state index contributed by atoms with van der Waals surface area (Å²) >= 11 is 0. The van der Waals surface area contributed by atoms with Crippen LogP contribution in [0.2, 0.25) is 0 Å². The summed E-state index contributed by atoms with van der Waals surface area (Å²) in [6.07, 6.45) is 8.32. The number of carbonyl (C=O) groups is 1. The second kappa shape index (κ2) is 6.86. The van der Waals surface area contributed by atoms with Crippen molar-refractivity contribution in [3.8, 4) is 17.1 Å². The molecule has 2 aromatic rings. The molecule has 3 rings (SSSR count). The van der Waals surface area contributed by atoms with Crippen LogP contribution in [0.15, 0.2) is 30.6 Å². The number of aromatic nitrogens is 2. The number of ether oxygens (including phenoxy) is 1. The number of hydrogen-bond donors (Lipinski definition) is 0. The van der Waals surface area contributed by atoms with Gasteiger partial charge in [-0.2, -0.15) is 0 Å². The Morgan fingerprint density at radius 1 is 1.13 bits per heavy atom. The number of benzene rings is 1. The van der Waals surface area contributed by atoms with Crippen LogP contribution in [0, 0.1) is 11.7 Å². The molecule has 0 spiro atoms. The molecule has 0 bridgehead atoms. The van der Waals surface area contributed by atoms with E-state index in [4.69, 9.17) is 4.74 Å². The van der Waals surface area contributed by atoms with Crippen molar-refractivity contribution >= 4 is 6.29 Å². The summed E-state index contributed by atoms with van der Waals surface area (Å²) in [5.41, 5.74) is 1.36. The highest BCUT2D eigenvalue weighted by Gasteiger charge is 2.20. The van der Waals surface area contributed by atoms with Gasteiger partial charge in [-0.15, -0.1) is 0 Å². The largest absolute Gasteiger partial charge is 0.460 e. The molecule has 0 aliphatic heterocycles. The highest BCUT2D eigenvalue weighted by molar-refractivity contribution is 5.77. The Labute approximate surface area is 134 Å². The van der Waals surface area contributed by atoms with Gasteiger partial charge in [0.1, 0.15) is 11.9 Å². The quantitative estimate of drug-likeness (QED) is 0.799. The third kappa shape index (κ3) is 3.73. The molecule has 1 aromatic carbocycles. The molecule has 1 fully saturated rings. The average molecular weight is 314 g/mol. The summed E-state index contributed by atoms with van der Waals surface area (Å²) < 4.78 is 19.5. The van der Waals surface area contributed by atoms with E-state index in [-0.39, 0.29) is 11.7 Å². The minimum atomic E-state index is -0.547. The number of hydrogen-bond acceptors (Lipinski definition) is 4. The number of carbonyl (C=O) groups excluding carboxylic acids is 1. The summed E-state index contributed by atoms with van der Waals surface area (Å²) in [6.45, 7) is 2.26. The first-order chi connectivity index (χ1) is 11.2. The first-order valence-corrected chi connectivity index (χ1v) is 7.89. The van der Waals surface area contributed by atoms with E-state index in [0.29, 0.717) is 23.4 Å². The van der Waals surface area contributed by atoms with Crippen LogP contribution >= 0.6 is 0 Å². The Balaban J connectivity index is 1.69. The molecule has 0 saturated heterocycles. The maximum absolute atomic E-state index is 13.7. The smallest absolute Gasteiger partial charge is 0.316 e. The Morgan fingerprint density at radius 3 is 2.43 bits per heavy atom. The first kappa shape index (κ1) is 15.6. The molecule has 0 unspecified atom stereocenters. The standard InChI is InChI=1S/C18H19FN2O2/c1-12-2-6-16(7-3-12)23-18-20-9-15(10-21-18)13-4-5-14(11-22)17(19)8-13/h4-5,8-12,16H,2-3,6-7H2,1H3/t12-,16+. The zero-order valence-electron chi connectivity index (χ0n) is 13.0. The first-order valence-electron chi connectivity index (χ1n) is 7.89.